The van der Waals surface area contributed by atoms with Crippen LogP contribution in [0.5, 0.6) is 0 Å². The molecule has 0 bridgehead atoms. The fraction of sp³-hybridized carbons (Fsp3) is 0.786. The van der Waals surface area contributed by atoms with Crippen LogP contribution in [-0.2, 0) is 14.4 Å². The highest BCUT2D eigenvalue weighted by molar-refractivity contribution is 5.87. The van der Waals surface area contributed by atoms with Gasteiger partial charge in [0.05, 0.1) is 12.6 Å². The summed E-state index contributed by atoms with van der Waals surface area (Å²) in [7, 11) is 0. The highest BCUT2D eigenvalue weighted by Gasteiger charge is 2.17. The van der Waals surface area contributed by atoms with Crippen molar-refractivity contribution < 1.29 is 14.4 Å². The number of amides is 3. The van der Waals surface area contributed by atoms with Crippen LogP contribution in [0.1, 0.15) is 34.1 Å². The zero-order valence-electron chi connectivity index (χ0n) is 13.4. The van der Waals surface area contributed by atoms with Crippen LogP contribution in [0.25, 0.3) is 0 Å². The van der Waals surface area contributed by atoms with Gasteiger partial charge in [-0.25, -0.2) is 0 Å². The molecule has 0 aliphatic heterocycles. The molecule has 0 saturated heterocycles. The van der Waals surface area contributed by atoms with Gasteiger partial charge in [-0.1, -0.05) is 27.7 Å². The standard InChI is InChI=1S/C14H28N4O3/c1-9(2)7-17-11(19)5-6-16-12(20)8-18-14(21)13(15)10(3)4/h9-10,13H,5-8,15H2,1-4H3,(H,16,20)(H,17,19)(H,18,21)/t13-/m0/s1. The minimum absolute atomic E-state index is 0.0118. The van der Waals surface area contributed by atoms with Gasteiger partial charge in [0.2, 0.25) is 17.7 Å². The molecule has 0 spiro atoms. The summed E-state index contributed by atoms with van der Waals surface area (Å²) in [4.78, 5) is 34.4. The van der Waals surface area contributed by atoms with Crippen LogP contribution in [0.15, 0.2) is 0 Å². The molecule has 0 radical (unpaired) electrons. The molecule has 0 saturated carbocycles. The molecule has 5 N–H and O–H groups in total. The molecule has 1 atom stereocenters. The normalized spacial score (nSPS) is 12.1. The fourth-order valence-electron chi connectivity index (χ4n) is 1.37. The Balaban J connectivity index is 3.77. The number of nitrogens with one attached hydrogen (secondary N) is 3. The van der Waals surface area contributed by atoms with E-state index in [1.807, 2.05) is 27.7 Å². The summed E-state index contributed by atoms with van der Waals surface area (Å²) in [5.74, 6) is -0.387. The Kier molecular flexibility index (Phi) is 9.36. The van der Waals surface area contributed by atoms with E-state index in [1.54, 1.807) is 0 Å². The molecule has 0 fully saturated rings. The molecule has 21 heavy (non-hydrogen) atoms. The number of nitrogens with two attached hydrogens (primary N) is 1. The van der Waals surface area contributed by atoms with Crippen LogP contribution in [0.2, 0.25) is 0 Å². The first kappa shape index (κ1) is 19.4. The first-order valence-electron chi connectivity index (χ1n) is 7.30. The molecule has 7 heteroatoms. The second-order valence-electron chi connectivity index (χ2n) is 5.79. The molecule has 0 aliphatic rings. The van der Waals surface area contributed by atoms with Crippen LogP contribution in [0.3, 0.4) is 0 Å². The Morgan fingerprint density at radius 2 is 1.57 bits per heavy atom. The maximum absolute atomic E-state index is 11.5. The number of carbonyl (C=O) groups is 3. The van der Waals surface area contributed by atoms with Crippen molar-refractivity contribution in [1.82, 2.24) is 16.0 Å². The summed E-state index contributed by atoms with van der Waals surface area (Å²) in [6.45, 7) is 8.41. The molecule has 3 amide bonds. The summed E-state index contributed by atoms with van der Waals surface area (Å²) in [5.41, 5.74) is 5.65. The summed E-state index contributed by atoms with van der Waals surface area (Å²) in [6, 6.07) is -0.625. The van der Waals surface area contributed by atoms with Crippen molar-refractivity contribution in [3.05, 3.63) is 0 Å². The topological polar surface area (TPSA) is 113 Å². The number of rotatable bonds is 9. The van der Waals surface area contributed by atoms with Gasteiger partial charge in [0.15, 0.2) is 0 Å². The van der Waals surface area contributed by atoms with Crippen molar-refractivity contribution in [1.29, 1.82) is 0 Å². The lowest BCUT2D eigenvalue weighted by Crippen LogP contribution is -2.47. The monoisotopic (exact) mass is 300 g/mol. The van der Waals surface area contributed by atoms with E-state index in [9.17, 15) is 14.4 Å². The van der Waals surface area contributed by atoms with Gasteiger partial charge in [0.1, 0.15) is 0 Å². The molecule has 0 unspecified atom stereocenters. The highest BCUT2D eigenvalue weighted by Crippen LogP contribution is 1.97. The van der Waals surface area contributed by atoms with Gasteiger partial charge >= 0.3 is 0 Å². The molecule has 0 aromatic heterocycles. The van der Waals surface area contributed by atoms with Crippen molar-refractivity contribution >= 4 is 17.7 Å². The van der Waals surface area contributed by atoms with E-state index in [0.29, 0.717) is 12.5 Å². The predicted octanol–water partition coefficient (Wildman–Crippen LogP) is -0.636. The van der Waals surface area contributed by atoms with E-state index in [4.69, 9.17) is 5.73 Å². The Morgan fingerprint density at radius 3 is 2.10 bits per heavy atom. The first-order valence-corrected chi connectivity index (χ1v) is 7.30. The maximum atomic E-state index is 11.5. The molecule has 7 nitrogen and oxygen atoms in total. The van der Waals surface area contributed by atoms with Crippen molar-refractivity contribution in [2.75, 3.05) is 19.6 Å². The number of hydrogen-bond donors (Lipinski definition) is 4. The lowest BCUT2D eigenvalue weighted by Gasteiger charge is -2.15. The number of hydrogen-bond acceptors (Lipinski definition) is 4. The third-order valence-electron chi connectivity index (χ3n) is 2.83. The molecule has 0 aliphatic carbocycles. The Bertz CT molecular complexity index is 356. The molecule has 0 aromatic carbocycles. The SMILES string of the molecule is CC(C)CNC(=O)CCNC(=O)CNC(=O)[C@@H](N)C(C)C. The van der Waals surface area contributed by atoms with Crippen LogP contribution < -0.4 is 21.7 Å². The summed E-state index contributed by atoms with van der Waals surface area (Å²) < 4.78 is 0. The first-order chi connectivity index (χ1) is 9.73. The van der Waals surface area contributed by atoms with E-state index >= 15 is 0 Å². The lowest BCUT2D eigenvalue weighted by atomic mass is 10.1. The van der Waals surface area contributed by atoms with Crippen molar-refractivity contribution in [2.45, 2.75) is 40.2 Å². The summed E-state index contributed by atoms with van der Waals surface area (Å²) >= 11 is 0. The van der Waals surface area contributed by atoms with Crippen molar-refractivity contribution in [3.63, 3.8) is 0 Å². The van der Waals surface area contributed by atoms with Gasteiger partial charge in [-0.05, 0) is 11.8 Å². The predicted molar refractivity (Wildman–Crippen MR) is 81.3 cm³/mol. The van der Waals surface area contributed by atoms with Crippen molar-refractivity contribution in [2.24, 2.45) is 17.6 Å². The molecule has 0 heterocycles. The second kappa shape index (κ2) is 10.1. The van der Waals surface area contributed by atoms with Crippen LogP contribution in [0.4, 0.5) is 0 Å². The Morgan fingerprint density at radius 1 is 0.952 bits per heavy atom. The second-order valence-corrected chi connectivity index (χ2v) is 5.79. The molecule has 0 rings (SSSR count). The Hall–Kier alpha value is -1.63. The molecular weight excluding hydrogens is 272 g/mol. The fourth-order valence-corrected chi connectivity index (χ4v) is 1.37. The molecule has 122 valence electrons. The van der Waals surface area contributed by atoms with Gasteiger partial charge in [-0.15, -0.1) is 0 Å². The van der Waals surface area contributed by atoms with E-state index in [2.05, 4.69) is 16.0 Å². The largest absolute Gasteiger partial charge is 0.356 e. The zero-order valence-corrected chi connectivity index (χ0v) is 13.4. The maximum Gasteiger partial charge on any atom is 0.239 e. The van der Waals surface area contributed by atoms with Gasteiger partial charge in [0.25, 0.3) is 0 Å². The third kappa shape index (κ3) is 9.84. The highest BCUT2D eigenvalue weighted by atomic mass is 16.2. The van der Waals surface area contributed by atoms with E-state index in [-0.39, 0.29) is 43.1 Å². The molecule has 0 aromatic rings. The lowest BCUT2D eigenvalue weighted by molar-refractivity contribution is -0.127. The summed E-state index contributed by atoms with van der Waals surface area (Å²) in [6.07, 6.45) is 0.220. The molecular formula is C14H28N4O3. The van der Waals surface area contributed by atoms with E-state index in [0.717, 1.165) is 0 Å². The van der Waals surface area contributed by atoms with E-state index in [1.165, 1.54) is 0 Å². The van der Waals surface area contributed by atoms with Crippen LogP contribution in [0, 0.1) is 11.8 Å². The average Bonchev–Trinajstić information content (AvgIpc) is 2.41. The smallest absolute Gasteiger partial charge is 0.239 e. The minimum atomic E-state index is -0.625. The quantitative estimate of drug-likeness (QED) is 0.454. The van der Waals surface area contributed by atoms with Crippen molar-refractivity contribution in [3.8, 4) is 0 Å². The van der Waals surface area contributed by atoms with Gasteiger partial charge in [-0.2, -0.15) is 0 Å². The van der Waals surface area contributed by atoms with Crippen LogP contribution >= 0.6 is 0 Å². The Labute approximate surface area is 126 Å². The summed E-state index contributed by atoms with van der Waals surface area (Å²) in [5, 5.41) is 7.79. The van der Waals surface area contributed by atoms with Gasteiger partial charge < -0.3 is 21.7 Å². The van der Waals surface area contributed by atoms with Gasteiger partial charge in [-0.3, -0.25) is 14.4 Å². The van der Waals surface area contributed by atoms with E-state index < -0.39 is 6.04 Å². The zero-order chi connectivity index (χ0) is 16.4. The number of carbonyl (C=O) groups excluding carboxylic acids is 3. The third-order valence-corrected chi connectivity index (χ3v) is 2.83. The van der Waals surface area contributed by atoms with Crippen LogP contribution in [-0.4, -0.2) is 43.4 Å². The van der Waals surface area contributed by atoms with Gasteiger partial charge in [0, 0.05) is 19.5 Å². The average molecular weight is 300 g/mol. The minimum Gasteiger partial charge on any atom is -0.356 e.